The van der Waals surface area contributed by atoms with Gasteiger partial charge in [-0.15, -0.1) is 11.3 Å². The molecule has 0 fully saturated rings. The number of rotatable bonds is 4. The summed E-state index contributed by atoms with van der Waals surface area (Å²) in [5, 5.41) is 6.59. The first-order valence-corrected chi connectivity index (χ1v) is 8.10. The number of hydrazone groups is 1. The van der Waals surface area contributed by atoms with Gasteiger partial charge in [-0.25, -0.2) is 9.97 Å². The van der Waals surface area contributed by atoms with Crippen molar-refractivity contribution in [3.8, 4) is 11.1 Å². The Hall–Kier alpha value is -3.19. The summed E-state index contributed by atoms with van der Waals surface area (Å²) in [6, 6.07) is 14.1. The standard InChI is InChI=1S/C17H13N5OS/c18-16-9-24-17(21-16)22-20-8-11-1-3-12(4-2-11)13-5-6-15-14(7-13)19-10-23-15/h1-10H,18H2,(H,21,22). The molecular formula is C17H13N5OS. The van der Waals surface area contributed by atoms with Gasteiger partial charge in [0.1, 0.15) is 11.3 Å². The van der Waals surface area contributed by atoms with Gasteiger partial charge in [0, 0.05) is 5.38 Å². The molecule has 0 bridgehead atoms. The van der Waals surface area contributed by atoms with Gasteiger partial charge in [0.15, 0.2) is 12.0 Å². The highest BCUT2D eigenvalue weighted by Gasteiger charge is 2.02. The van der Waals surface area contributed by atoms with Crippen molar-refractivity contribution in [3.05, 3.63) is 59.8 Å². The predicted octanol–water partition coefficient (Wildman–Crippen LogP) is 3.98. The highest BCUT2D eigenvalue weighted by Crippen LogP contribution is 2.24. The van der Waals surface area contributed by atoms with E-state index < -0.39 is 0 Å². The summed E-state index contributed by atoms with van der Waals surface area (Å²) in [5.74, 6) is 0.492. The number of hydrogen-bond acceptors (Lipinski definition) is 7. The van der Waals surface area contributed by atoms with E-state index in [9.17, 15) is 0 Å². The maximum Gasteiger partial charge on any atom is 0.205 e. The van der Waals surface area contributed by atoms with Crippen LogP contribution >= 0.6 is 11.3 Å². The van der Waals surface area contributed by atoms with E-state index in [4.69, 9.17) is 10.2 Å². The third kappa shape index (κ3) is 2.97. The number of nitrogens with zero attached hydrogens (tertiary/aromatic N) is 3. The molecule has 0 aliphatic carbocycles. The van der Waals surface area contributed by atoms with Crippen LogP contribution < -0.4 is 11.2 Å². The second-order valence-electron chi connectivity index (χ2n) is 5.10. The third-order valence-corrected chi connectivity index (χ3v) is 4.24. The minimum atomic E-state index is 0.492. The fourth-order valence-electron chi connectivity index (χ4n) is 2.30. The molecule has 0 aliphatic heterocycles. The number of anilines is 2. The number of nitrogens with two attached hydrogens (primary N) is 1. The molecule has 6 nitrogen and oxygen atoms in total. The van der Waals surface area contributed by atoms with Crippen molar-refractivity contribution in [3.63, 3.8) is 0 Å². The number of aromatic nitrogens is 2. The van der Waals surface area contributed by atoms with E-state index in [1.165, 1.54) is 17.7 Å². The van der Waals surface area contributed by atoms with E-state index in [0.29, 0.717) is 10.9 Å². The number of fused-ring (bicyclic) bond motifs is 1. The fraction of sp³-hybridized carbons (Fsp3) is 0. The van der Waals surface area contributed by atoms with Crippen LogP contribution in [0, 0.1) is 0 Å². The number of thiazole rings is 1. The second-order valence-corrected chi connectivity index (χ2v) is 5.96. The molecule has 0 unspecified atom stereocenters. The Bertz CT molecular complexity index is 1000. The summed E-state index contributed by atoms with van der Waals surface area (Å²) in [7, 11) is 0. The molecular weight excluding hydrogens is 322 g/mol. The van der Waals surface area contributed by atoms with Crippen LogP contribution in [0.15, 0.2) is 63.8 Å². The normalized spacial score (nSPS) is 11.3. The van der Waals surface area contributed by atoms with Gasteiger partial charge in [-0.05, 0) is 28.8 Å². The summed E-state index contributed by atoms with van der Waals surface area (Å²) < 4.78 is 5.26. The summed E-state index contributed by atoms with van der Waals surface area (Å²) >= 11 is 1.41. The van der Waals surface area contributed by atoms with Crippen LogP contribution in [0.1, 0.15) is 5.56 Å². The molecule has 0 spiro atoms. The molecule has 7 heteroatoms. The van der Waals surface area contributed by atoms with Crippen LogP contribution in [0.5, 0.6) is 0 Å². The van der Waals surface area contributed by atoms with Crippen LogP contribution in [-0.4, -0.2) is 16.2 Å². The van der Waals surface area contributed by atoms with Crippen molar-refractivity contribution in [2.24, 2.45) is 5.10 Å². The minimum Gasteiger partial charge on any atom is -0.443 e. The zero-order valence-corrected chi connectivity index (χ0v) is 13.3. The maximum atomic E-state index is 5.56. The highest BCUT2D eigenvalue weighted by atomic mass is 32.1. The molecule has 4 aromatic rings. The molecule has 2 aromatic heterocycles. The Morgan fingerprint density at radius 2 is 1.96 bits per heavy atom. The number of hydrogen-bond donors (Lipinski definition) is 2. The lowest BCUT2D eigenvalue weighted by Crippen LogP contribution is -1.91. The highest BCUT2D eigenvalue weighted by molar-refractivity contribution is 7.14. The zero-order chi connectivity index (χ0) is 16.4. The van der Waals surface area contributed by atoms with Crippen LogP contribution in [0.4, 0.5) is 10.9 Å². The van der Waals surface area contributed by atoms with Gasteiger partial charge in [0.2, 0.25) is 5.13 Å². The molecule has 2 aromatic carbocycles. The molecule has 0 saturated carbocycles. The Morgan fingerprint density at radius 1 is 1.12 bits per heavy atom. The quantitative estimate of drug-likeness (QED) is 0.435. The van der Waals surface area contributed by atoms with Crippen LogP contribution in [-0.2, 0) is 0 Å². The monoisotopic (exact) mass is 335 g/mol. The van der Waals surface area contributed by atoms with Gasteiger partial charge in [0.25, 0.3) is 0 Å². The average Bonchev–Trinajstić information content (AvgIpc) is 3.23. The van der Waals surface area contributed by atoms with Crippen molar-refractivity contribution < 1.29 is 4.42 Å². The Morgan fingerprint density at radius 3 is 2.75 bits per heavy atom. The van der Waals surface area contributed by atoms with E-state index in [2.05, 4.69) is 20.5 Å². The summed E-state index contributed by atoms with van der Waals surface area (Å²) in [6.45, 7) is 0. The Labute approximate surface area is 141 Å². The first-order valence-electron chi connectivity index (χ1n) is 7.22. The average molecular weight is 335 g/mol. The number of nitrogen functional groups attached to an aromatic ring is 1. The lowest BCUT2D eigenvalue weighted by atomic mass is 10.0. The molecule has 0 amide bonds. The molecule has 118 valence electrons. The minimum absolute atomic E-state index is 0.492. The second kappa shape index (κ2) is 6.13. The van der Waals surface area contributed by atoms with Crippen molar-refractivity contribution in [2.45, 2.75) is 0 Å². The Kier molecular flexibility index (Phi) is 3.68. The van der Waals surface area contributed by atoms with Crippen molar-refractivity contribution in [1.29, 1.82) is 0 Å². The lowest BCUT2D eigenvalue weighted by molar-refractivity contribution is 0.602. The number of benzene rings is 2. The van der Waals surface area contributed by atoms with Crippen molar-refractivity contribution in [2.75, 3.05) is 11.2 Å². The number of nitrogens with one attached hydrogen (secondary N) is 1. The van der Waals surface area contributed by atoms with E-state index in [1.54, 1.807) is 11.6 Å². The summed E-state index contributed by atoms with van der Waals surface area (Å²) in [6.07, 6.45) is 3.19. The smallest absolute Gasteiger partial charge is 0.205 e. The van der Waals surface area contributed by atoms with Crippen LogP contribution in [0.3, 0.4) is 0 Å². The van der Waals surface area contributed by atoms with Crippen molar-refractivity contribution in [1.82, 2.24) is 9.97 Å². The van der Waals surface area contributed by atoms with Crippen LogP contribution in [0.2, 0.25) is 0 Å². The van der Waals surface area contributed by atoms with E-state index in [0.717, 1.165) is 27.8 Å². The van der Waals surface area contributed by atoms with Gasteiger partial charge in [-0.2, -0.15) is 5.10 Å². The van der Waals surface area contributed by atoms with E-state index in [-0.39, 0.29) is 0 Å². The first kappa shape index (κ1) is 14.4. The molecule has 4 rings (SSSR count). The van der Waals surface area contributed by atoms with Gasteiger partial charge >= 0.3 is 0 Å². The maximum absolute atomic E-state index is 5.56. The Balaban J connectivity index is 1.49. The SMILES string of the molecule is Nc1csc(NN=Cc2ccc(-c3ccc4ocnc4c3)cc2)n1. The molecule has 2 heterocycles. The molecule has 24 heavy (non-hydrogen) atoms. The molecule has 0 aliphatic rings. The number of oxazole rings is 1. The molecule has 3 N–H and O–H groups in total. The molecule has 0 saturated heterocycles. The van der Waals surface area contributed by atoms with E-state index >= 15 is 0 Å². The molecule has 0 atom stereocenters. The topological polar surface area (TPSA) is 89.3 Å². The fourth-order valence-corrected chi connectivity index (χ4v) is 2.85. The summed E-state index contributed by atoms with van der Waals surface area (Å²) in [5.41, 5.74) is 13.2. The van der Waals surface area contributed by atoms with E-state index in [1.807, 2.05) is 42.5 Å². The first-order chi connectivity index (χ1) is 11.8. The lowest BCUT2D eigenvalue weighted by Gasteiger charge is -2.02. The molecule has 0 radical (unpaired) electrons. The third-order valence-electron chi connectivity index (χ3n) is 3.47. The van der Waals surface area contributed by atoms with Gasteiger partial charge < -0.3 is 10.2 Å². The zero-order valence-electron chi connectivity index (χ0n) is 12.5. The predicted molar refractivity (Wildman–Crippen MR) is 97.2 cm³/mol. The van der Waals surface area contributed by atoms with Gasteiger partial charge in [-0.3, -0.25) is 5.43 Å². The van der Waals surface area contributed by atoms with Crippen molar-refractivity contribution >= 4 is 39.6 Å². The van der Waals surface area contributed by atoms with Gasteiger partial charge in [0.05, 0.1) is 6.21 Å². The van der Waals surface area contributed by atoms with Crippen LogP contribution in [0.25, 0.3) is 22.2 Å². The summed E-state index contributed by atoms with van der Waals surface area (Å²) in [4.78, 5) is 8.26. The van der Waals surface area contributed by atoms with Gasteiger partial charge in [-0.1, -0.05) is 30.3 Å². The largest absolute Gasteiger partial charge is 0.443 e.